The number of aromatic hydroxyl groups is 3. The molecule has 6 rings (SSSR count). The Morgan fingerprint density at radius 2 is 1.63 bits per heavy atom. The Labute approximate surface area is 343 Å². The first-order chi connectivity index (χ1) is 27.7. The summed E-state index contributed by atoms with van der Waals surface area (Å²) in [6.45, 7) is 14.3. The number of carbonyl (C=O) groups is 3. The molecular formula is C42H57N5O12. The van der Waals surface area contributed by atoms with Gasteiger partial charge in [-0.1, -0.05) is 45.9 Å². The van der Waals surface area contributed by atoms with E-state index in [2.05, 4.69) is 10.4 Å². The number of nitrogens with two attached hydrogens (primary N) is 1. The monoisotopic (exact) mass is 823 g/mol. The highest BCUT2D eigenvalue weighted by molar-refractivity contribution is 6.23. The van der Waals surface area contributed by atoms with E-state index in [9.17, 15) is 39.9 Å². The summed E-state index contributed by atoms with van der Waals surface area (Å²) in [5, 5.41) is 68.2. The number of hydrogen-bond donors (Lipinski definition) is 7. The zero-order valence-corrected chi connectivity index (χ0v) is 34.9. The number of Topliss-reactive ketones (excluding diaryl/α,β-unsaturated/α-hetero) is 1. The van der Waals surface area contributed by atoms with Crippen LogP contribution < -0.4 is 15.9 Å². The Balaban J connectivity index is 1.70. The van der Waals surface area contributed by atoms with Crippen molar-refractivity contribution in [2.24, 2.45) is 34.6 Å². The quantitative estimate of drug-likeness (QED) is 0.0766. The molecular weight excluding hydrogens is 766 g/mol. The third-order valence-corrected chi connectivity index (χ3v) is 11.7. The van der Waals surface area contributed by atoms with Gasteiger partial charge in [-0.2, -0.15) is 5.10 Å². The number of allylic oxidation sites excluding steroid dienone is 2. The molecule has 17 nitrogen and oxygen atoms in total. The lowest BCUT2D eigenvalue weighted by Gasteiger charge is -2.38. The van der Waals surface area contributed by atoms with Crippen LogP contribution in [0.1, 0.15) is 70.0 Å². The number of anilines is 1. The highest BCUT2D eigenvalue weighted by Crippen LogP contribution is 2.55. The van der Waals surface area contributed by atoms with Gasteiger partial charge in [0.2, 0.25) is 0 Å². The van der Waals surface area contributed by atoms with Gasteiger partial charge in [0.05, 0.1) is 66.1 Å². The molecule has 0 aromatic heterocycles. The number of fused-ring (bicyclic) bond motifs is 14. The van der Waals surface area contributed by atoms with E-state index >= 15 is 0 Å². The van der Waals surface area contributed by atoms with Crippen molar-refractivity contribution in [1.29, 1.82) is 0 Å². The SMILES string of the molecule is COC1/C=C/OC2(C)Oc3c(C)c(O)c4c(O)c(c(/C=N/N5CCN(N)CC5)c(O)c4c3C2=O)NC(=O)C(C)=C/C=C/C(C)C(O)C(C)C(O)C(C)C(OC(C)=O)C1C. The van der Waals surface area contributed by atoms with E-state index in [4.69, 9.17) is 24.8 Å². The Bertz CT molecular complexity index is 2080. The summed E-state index contributed by atoms with van der Waals surface area (Å²) in [4.78, 5) is 40.5. The van der Waals surface area contributed by atoms with Crippen molar-refractivity contribution >= 4 is 40.3 Å². The van der Waals surface area contributed by atoms with Gasteiger partial charge in [-0.25, -0.2) is 5.01 Å². The molecule has 9 unspecified atom stereocenters. The van der Waals surface area contributed by atoms with Gasteiger partial charge in [0.15, 0.2) is 5.75 Å². The Morgan fingerprint density at radius 1 is 0.966 bits per heavy atom. The maximum Gasteiger partial charge on any atom is 0.312 e. The minimum absolute atomic E-state index is 0.0441. The van der Waals surface area contributed by atoms with Crippen molar-refractivity contribution in [1.82, 2.24) is 10.0 Å². The lowest BCUT2D eigenvalue weighted by molar-refractivity contribution is -0.160. The average molecular weight is 824 g/mol. The minimum atomic E-state index is -2.05. The maximum absolute atomic E-state index is 14.4. The first kappa shape index (κ1) is 44.9. The number of piperazine rings is 1. The Hall–Kier alpha value is -5.20. The summed E-state index contributed by atoms with van der Waals surface area (Å²) in [5.41, 5.74) is -0.448. The average Bonchev–Trinajstić information content (AvgIpc) is 3.46. The Kier molecular flexibility index (Phi) is 13.7. The third kappa shape index (κ3) is 8.89. The zero-order chi connectivity index (χ0) is 43.7. The van der Waals surface area contributed by atoms with E-state index in [-0.39, 0.29) is 44.5 Å². The van der Waals surface area contributed by atoms with Gasteiger partial charge >= 0.3 is 11.8 Å². The third-order valence-electron chi connectivity index (χ3n) is 11.7. The Morgan fingerprint density at radius 3 is 2.25 bits per heavy atom. The number of hydrazone groups is 1. The van der Waals surface area contributed by atoms with E-state index in [1.165, 1.54) is 59.4 Å². The molecule has 0 saturated carbocycles. The molecule has 4 aliphatic heterocycles. The van der Waals surface area contributed by atoms with Gasteiger partial charge in [0, 0.05) is 74.2 Å². The van der Waals surface area contributed by atoms with Crippen LogP contribution in [0, 0.1) is 30.6 Å². The van der Waals surface area contributed by atoms with Crippen LogP contribution in [0.2, 0.25) is 0 Å². The molecule has 8 N–H and O–H groups in total. The lowest BCUT2D eigenvalue weighted by Crippen LogP contribution is -2.47. The van der Waals surface area contributed by atoms with Gasteiger partial charge in [-0.05, 0) is 19.9 Å². The number of aliphatic hydroxyl groups is 2. The van der Waals surface area contributed by atoms with Crippen LogP contribution >= 0.6 is 0 Å². The molecule has 2 aromatic rings. The number of nitrogens with one attached hydrogen (secondary N) is 1. The van der Waals surface area contributed by atoms with E-state index in [0.29, 0.717) is 26.2 Å². The number of rotatable bonds is 4. The summed E-state index contributed by atoms with van der Waals surface area (Å²) in [6, 6.07) is 0. The van der Waals surface area contributed by atoms with Crippen molar-refractivity contribution in [3.63, 3.8) is 0 Å². The normalized spacial score (nSPS) is 31.2. The van der Waals surface area contributed by atoms with Gasteiger partial charge in [0.1, 0.15) is 23.4 Å². The van der Waals surface area contributed by atoms with E-state index in [1.807, 2.05) is 0 Å². The molecule has 2 aromatic carbocycles. The number of phenols is 3. The number of hydrazine groups is 1. The molecule has 1 amide bonds. The number of ketones is 1. The van der Waals surface area contributed by atoms with Crippen LogP contribution in [0.15, 0.2) is 41.2 Å². The predicted octanol–water partition coefficient (Wildman–Crippen LogP) is 3.58. The van der Waals surface area contributed by atoms with Gasteiger partial charge in [0.25, 0.3) is 11.7 Å². The summed E-state index contributed by atoms with van der Waals surface area (Å²) >= 11 is 0. The fourth-order valence-electron chi connectivity index (χ4n) is 7.84. The number of hydrogen-bond acceptors (Lipinski definition) is 16. The van der Waals surface area contributed by atoms with E-state index in [0.717, 1.165) is 0 Å². The van der Waals surface area contributed by atoms with Crippen LogP contribution in [-0.2, 0) is 23.8 Å². The number of esters is 1. The van der Waals surface area contributed by atoms with Crippen molar-refractivity contribution in [3.8, 4) is 23.0 Å². The molecule has 322 valence electrons. The second kappa shape index (κ2) is 18.0. The first-order valence-corrected chi connectivity index (χ1v) is 19.6. The molecule has 59 heavy (non-hydrogen) atoms. The number of amides is 1. The number of carbonyl (C=O) groups excluding carboxylic acids is 3. The van der Waals surface area contributed by atoms with Crippen molar-refractivity contribution in [3.05, 3.63) is 52.8 Å². The topological polar surface area (TPSA) is 246 Å². The fourth-order valence-corrected chi connectivity index (χ4v) is 7.84. The van der Waals surface area contributed by atoms with Crippen molar-refractivity contribution in [2.45, 2.75) is 85.6 Å². The summed E-state index contributed by atoms with van der Waals surface area (Å²) < 4.78 is 23.6. The van der Waals surface area contributed by atoms with E-state index < -0.39 is 88.8 Å². The molecule has 0 spiro atoms. The highest BCUT2D eigenvalue weighted by Gasteiger charge is 2.50. The summed E-state index contributed by atoms with van der Waals surface area (Å²) in [5.74, 6) is -2.57. The summed E-state index contributed by atoms with van der Waals surface area (Å²) in [6.07, 6.45) is 4.75. The van der Waals surface area contributed by atoms with Crippen LogP contribution in [0.25, 0.3) is 10.8 Å². The molecule has 0 aliphatic carbocycles. The fraction of sp³-hybridized carbons (Fsp3) is 0.524. The van der Waals surface area contributed by atoms with Crippen LogP contribution in [-0.4, -0.2) is 123 Å². The maximum atomic E-state index is 14.4. The molecule has 4 heterocycles. The number of phenolic OH excluding ortho intramolecular Hbond substituents is 3. The minimum Gasteiger partial charge on any atom is -0.507 e. The van der Waals surface area contributed by atoms with E-state index in [1.54, 1.807) is 49.9 Å². The smallest absolute Gasteiger partial charge is 0.312 e. The molecule has 1 saturated heterocycles. The van der Waals surface area contributed by atoms with Gasteiger partial charge in [-0.3, -0.25) is 25.2 Å². The molecule has 17 heteroatoms. The van der Waals surface area contributed by atoms with Gasteiger partial charge < -0.3 is 49.8 Å². The summed E-state index contributed by atoms with van der Waals surface area (Å²) in [7, 11) is 1.43. The first-order valence-electron chi connectivity index (χ1n) is 19.6. The van der Waals surface area contributed by atoms with Crippen molar-refractivity contribution < 1.29 is 58.9 Å². The largest absolute Gasteiger partial charge is 0.507 e. The van der Waals surface area contributed by atoms with Gasteiger partial charge in [-0.15, -0.1) is 0 Å². The molecule has 0 radical (unpaired) electrons. The molecule has 5 bridgehead atoms. The second-order valence-electron chi connectivity index (χ2n) is 15.9. The number of aliphatic hydroxyl groups excluding tert-OH is 2. The number of methoxy groups -OCH3 is 1. The second-order valence-corrected chi connectivity index (χ2v) is 15.9. The molecule has 4 aliphatic rings. The molecule has 1 fully saturated rings. The van der Waals surface area contributed by atoms with Crippen LogP contribution in [0.4, 0.5) is 5.69 Å². The van der Waals surface area contributed by atoms with Crippen LogP contribution in [0.3, 0.4) is 0 Å². The zero-order valence-electron chi connectivity index (χ0n) is 34.9. The van der Waals surface area contributed by atoms with Crippen LogP contribution in [0.5, 0.6) is 23.0 Å². The standard InChI is InChI=1S/C42H57N5O12/c1-20-11-10-12-21(2)41(55)45-32-27(19-44-47-16-14-46(43)15-17-47)36(52)29-30(37(32)53)35(51)25(6)39-31(29)40(54)42(8,59-39)57-18-13-28(56-9)22(3)38(58-26(7)48)24(5)34(50)23(4)33(20)49/h10-13,18-20,22-24,28,33-34,38,49-53H,14-17,43H2,1-9H3,(H,45,55)/b11-10+,18-13+,21-12?,44-19+. The number of ether oxygens (including phenoxy) is 4. The molecule has 9 atom stereocenters. The lowest BCUT2D eigenvalue weighted by atomic mass is 9.78. The predicted molar refractivity (Wildman–Crippen MR) is 219 cm³/mol. The number of benzene rings is 2. The van der Waals surface area contributed by atoms with Crippen molar-refractivity contribution in [2.75, 3.05) is 38.6 Å². The number of nitrogens with zero attached hydrogens (tertiary/aromatic N) is 3. The highest BCUT2D eigenvalue weighted by atomic mass is 16.7.